The van der Waals surface area contributed by atoms with Gasteiger partial charge in [0, 0.05) is 7.05 Å². The minimum atomic E-state index is -1.08. The van der Waals surface area contributed by atoms with Crippen molar-refractivity contribution >= 4 is 27.5 Å². The molecule has 19 heavy (non-hydrogen) atoms. The van der Waals surface area contributed by atoms with Gasteiger partial charge in [0.1, 0.15) is 5.41 Å². The van der Waals surface area contributed by atoms with Crippen molar-refractivity contribution in [3.8, 4) is 6.07 Å². The summed E-state index contributed by atoms with van der Waals surface area (Å²) < 4.78 is 3.00. The van der Waals surface area contributed by atoms with Crippen LogP contribution in [-0.4, -0.2) is 10.5 Å². The van der Waals surface area contributed by atoms with Crippen molar-refractivity contribution in [2.45, 2.75) is 13.8 Å². The quantitative estimate of drug-likeness (QED) is 0.847. The average Bonchev–Trinajstić information content (AvgIpc) is 2.73. The maximum Gasteiger partial charge on any atom is 0.260 e. The molecule has 2 aromatic rings. The lowest BCUT2D eigenvalue weighted by molar-refractivity contribution is -0.126. The summed E-state index contributed by atoms with van der Waals surface area (Å²) in [6.07, 6.45) is 0. The van der Waals surface area contributed by atoms with Crippen molar-refractivity contribution in [2.24, 2.45) is 17.6 Å². The van der Waals surface area contributed by atoms with Crippen LogP contribution in [0.1, 0.15) is 13.8 Å². The number of fused-ring (bicyclic) bond motifs is 1. The van der Waals surface area contributed by atoms with Gasteiger partial charge >= 0.3 is 0 Å². The molecule has 98 valence electrons. The van der Waals surface area contributed by atoms with E-state index < -0.39 is 11.3 Å². The normalized spacial score (nSPS) is 12.4. The first-order valence-corrected chi connectivity index (χ1v) is 6.57. The number of carbonyl (C=O) groups excluding carboxylic acids is 1. The highest BCUT2D eigenvalue weighted by Gasteiger charge is 2.26. The summed E-state index contributed by atoms with van der Waals surface area (Å²) in [6, 6.07) is 9.85. The van der Waals surface area contributed by atoms with Gasteiger partial charge in [0.2, 0.25) is 4.80 Å². The lowest BCUT2D eigenvalue weighted by atomic mass is 9.95. The monoisotopic (exact) mass is 274 g/mol. The van der Waals surface area contributed by atoms with Crippen molar-refractivity contribution in [3.05, 3.63) is 29.1 Å². The zero-order chi connectivity index (χ0) is 14.0. The molecule has 2 rings (SSSR count). The fraction of sp³-hybridized carbons (Fsp3) is 0.308. The summed E-state index contributed by atoms with van der Waals surface area (Å²) in [7, 11) is 1.89. The van der Waals surface area contributed by atoms with Crippen LogP contribution in [0, 0.1) is 16.7 Å². The number of aromatic nitrogens is 1. The number of nitrogens with one attached hydrogen (secondary N) is 1. The summed E-state index contributed by atoms with van der Waals surface area (Å²) in [5.41, 5.74) is 2.42. The van der Waals surface area contributed by atoms with Crippen molar-refractivity contribution < 1.29 is 4.79 Å². The summed E-state index contributed by atoms with van der Waals surface area (Å²) in [5.74, 6) is -0.410. The zero-order valence-corrected chi connectivity index (χ0v) is 11.8. The predicted octanol–water partition coefficient (Wildman–Crippen LogP) is 1.72. The highest BCUT2D eigenvalue weighted by Crippen LogP contribution is 2.15. The second-order valence-corrected chi connectivity index (χ2v) is 5.71. The summed E-state index contributed by atoms with van der Waals surface area (Å²) in [6.45, 7) is 3.12. The van der Waals surface area contributed by atoms with Crippen LogP contribution in [-0.2, 0) is 11.8 Å². The first kappa shape index (κ1) is 13.3. The second-order valence-electron chi connectivity index (χ2n) is 4.70. The molecule has 0 aliphatic carbocycles. The van der Waals surface area contributed by atoms with E-state index in [0.29, 0.717) is 4.80 Å². The Balaban J connectivity index is 2.36. The Bertz CT molecular complexity index is 733. The van der Waals surface area contributed by atoms with E-state index >= 15 is 0 Å². The smallest absolute Gasteiger partial charge is 0.260 e. The van der Waals surface area contributed by atoms with E-state index in [9.17, 15) is 4.79 Å². The van der Waals surface area contributed by atoms with Gasteiger partial charge in [0.05, 0.1) is 16.3 Å². The van der Waals surface area contributed by atoms with Gasteiger partial charge in [-0.25, -0.2) is 5.43 Å². The number of aryl methyl sites for hydroxylation is 1. The van der Waals surface area contributed by atoms with Crippen LogP contribution in [0.5, 0.6) is 0 Å². The van der Waals surface area contributed by atoms with Crippen LogP contribution in [0.3, 0.4) is 0 Å². The van der Waals surface area contributed by atoms with Gasteiger partial charge in [-0.1, -0.05) is 23.5 Å². The molecule has 0 saturated heterocycles. The lowest BCUT2D eigenvalue weighted by Gasteiger charge is -2.11. The molecule has 0 saturated carbocycles. The minimum absolute atomic E-state index is 0.410. The van der Waals surface area contributed by atoms with E-state index in [2.05, 4.69) is 10.5 Å². The van der Waals surface area contributed by atoms with E-state index in [1.807, 2.05) is 41.9 Å². The van der Waals surface area contributed by atoms with Gasteiger partial charge < -0.3 is 4.57 Å². The number of hydrogen-bond donors (Lipinski definition) is 1. The molecule has 0 radical (unpaired) electrons. The molecule has 0 bridgehead atoms. The molecule has 1 amide bonds. The summed E-state index contributed by atoms with van der Waals surface area (Å²) >= 11 is 1.48. The largest absolute Gasteiger partial charge is 0.318 e. The predicted molar refractivity (Wildman–Crippen MR) is 73.9 cm³/mol. The van der Waals surface area contributed by atoms with Gasteiger partial charge in [-0.05, 0) is 26.0 Å². The van der Waals surface area contributed by atoms with Gasteiger partial charge in [0.25, 0.3) is 5.91 Å². The molecule has 6 heteroatoms. The Morgan fingerprint density at radius 3 is 2.79 bits per heavy atom. The number of nitriles is 1. The molecule has 5 nitrogen and oxygen atoms in total. The molecule has 0 atom stereocenters. The summed E-state index contributed by atoms with van der Waals surface area (Å²) in [5, 5.41) is 13.0. The van der Waals surface area contributed by atoms with Crippen LogP contribution in [0.25, 0.3) is 10.2 Å². The third kappa shape index (κ3) is 2.51. The second kappa shape index (κ2) is 4.86. The number of rotatable bonds is 2. The molecule has 1 aromatic heterocycles. The third-order valence-electron chi connectivity index (χ3n) is 2.82. The molecule has 0 spiro atoms. The minimum Gasteiger partial charge on any atom is -0.318 e. The molecule has 0 aliphatic heterocycles. The molecule has 0 fully saturated rings. The van der Waals surface area contributed by atoms with Crippen LogP contribution in [0.15, 0.2) is 29.4 Å². The zero-order valence-electron chi connectivity index (χ0n) is 11.0. The van der Waals surface area contributed by atoms with Gasteiger partial charge in [-0.2, -0.15) is 5.26 Å². The number of para-hydroxylation sites is 1. The maximum atomic E-state index is 11.8. The number of carbonyl (C=O) groups is 1. The molecule has 1 aromatic carbocycles. The Morgan fingerprint density at radius 1 is 1.47 bits per heavy atom. The maximum absolute atomic E-state index is 11.8. The van der Waals surface area contributed by atoms with Crippen molar-refractivity contribution in [2.75, 3.05) is 0 Å². The molecular weight excluding hydrogens is 260 g/mol. The summed E-state index contributed by atoms with van der Waals surface area (Å²) in [4.78, 5) is 12.4. The number of benzene rings is 1. The van der Waals surface area contributed by atoms with E-state index in [-0.39, 0.29) is 0 Å². The third-order valence-corrected chi connectivity index (χ3v) is 3.93. The number of amides is 1. The van der Waals surface area contributed by atoms with E-state index in [1.165, 1.54) is 11.3 Å². The fourth-order valence-corrected chi connectivity index (χ4v) is 2.46. The number of hydrogen-bond acceptors (Lipinski definition) is 4. The van der Waals surface area contributed by atoms with Crippen molar-refractivity contribution in [1.29, 1.82) is 5.26 Å². The lowest BCUT2D eigenvalue weighted by Crippen LogP contribution is -2.34. The van der Waals surface area contributed by atoms with Crippen molar-refractivity contribution in [1.82, 2.24) is 9.99 Å². The van der Waals surface area contributed by atoms with Crippen LogP contribution < -0.4 is 10.2 Å². The van der Waals surface area contributed by atoms with Gasteiger partial charge in [-0.15, -0.1) is 5.10 Å². The van der Waals surface area contributed by atoms with Gasteiger partial charge in [0.15, 0.2) is 0 Å². The Morgan fingerprint density at radius 2 is 2.16 bits per heavy atom. The number of nitrogens with zero attached hydrogens (tertiary/aromatic N) is 3. The Kier molecular flexibility index (Phi) is 3.40. The Labute approximate surface area is 114 Å². The van der Waals surface area contributed by atoms with E-state index in [1.54, 1.807) is 13.8 Å². The SMILES string of the molecule is Cn1/c(=N/NC(=O)C(C)(C)C#N)sc2ccccc21. The standard InChI is InChI=1S/C13H14N4OS/c1-13(2,8-14)11(18)15-16-12-17(3)9-6-4-5-7-10(9)19-12/h4-7H,1-3H3,(H,15,18)/b16-12-. The fourth-order valence-electron chi connectivity index (χ4n) is 1.48. The molecule has 1 heterocycles. The Hall–Kier alpha value is -2.13. The van der Waals surface area contributed by atoms with E-state index in [4.69, 9.17) is 5.26 Å². The van der Waals surface area contributed by atoms with Crippen LogP contribution >= 0.6 is 11.3 Å². The van der Waals surface area contributed by atoms with Crippen molar-refractivity contribution in [3.63, 3.8) is 0 Å². The first-order chi connectivity index (χ1) is 8.95. The topological polar surface area (TPSA) is 70.2 Å². The van der Waals surface area contributed by atoms with Crippen LogP contribution in [0.4, 0.5) is 0 Å². The number of thiazole rings is 1. The molecule has 0 unspecified atom stereocenters. The highest BCUT2D eigenvalue weighted by atomic mass is 32.1. The molecule has 0 aliphatic rings. The molecular formula is C13H14N4OS. The molecule has 1 N–H and O–H groups in total. The van der Waals surface area contributed by atoms with Crippen LogP contribution in [0.2, 0.25) is 0 Å². The highest BCUT2D eigenvalue weighted by molar-refractivity contribution is 7.16. The van der Waals surface area contributed by atoms with Gasteiger partial charge in [-0.3, -0.25) is 4.79 Å². The van der Waals surface area contributed by atoms with E-state index in [0.717, 1.165) is 10.2 Å². The first-order valence-electron chi connectivity index (χ1n) is 5.75. The average molecular weight is 274 g/mol.